The van der Waals surface area contributed by atoms with Crippen LogP contribution in [-0.2, 0) is 27.2 Å². The van der Waals surface area contributed by atoms with Crippen molar-refractivity contribution in [1.29, 1.82) is 0 Å². The van der Waals surface area contributed by atoms with Gasteiger partial charge in [0.1, 0.15) is 5.82 Å². The van der Waals surface area contributed by atoms with Gasteiger partial charge in [-0.05, 0) is 37.1 Å². The van der Waals surface area contributed by atoms with Crippen LogP contribution < -0.4 is 10.9 Å². The summed E-state index contributed by atoms with van der Waals surface area (Å²) in [7, 11) is 0. The first-order valence-corrected chi connectivity index (χ1v) is 9.12. The molecule has 0 aliphatic carbocycles. The number of benzene rings is 2. The number of halogens is 1. The number of esters is 1. The van der Waals surface area contributed by atoms with Gasteiger partial charge in [-0.3, -0.25) is 14.4 Å². The SMILES string of the molecule is C[C@H](OC(=O)Cc1n[nH]c(=O)c2ccccc12)C(=O)NCCc1ccc(F)cc1. The molecule has 150 valence electrons. The van der Waals surface area contributed by atoms with E-state index in [1.165, 1.54) is 19.1 Å². The Morgan fingerprint density at radius 1 is 1.14 bits per heavy atom. The molecule has 29 heavy (non-hydrogen) atoms. The van der Waals surface area contributed by atoms with Crippen molar-refractivity contribution < 1.29 is 18.7 Å². The summed E-state index contributed by atoms with van der Waals surface area (Å²) in [6.07, 6.45) is -0.630. The molecular weight excluding hydrogens is 377 g/mol. The molecule has 0 radical (unpaired) electrons. The summed E-state index contributed by atoms with van der Waals surface area (Å²) in [5.41, 5.74) is 0.910. The van der Waals surface area contributed by atoms with Gasteiger partial charge in [-0.1, -0.05) is 30.3 Å². The third-order valence-electron chi connectivity index (χ3n) is 4.39. The summed E-state index contributed by atoms with van der Waals surface area (Å²) in [6, 6.07) is 12.8. The fourth-order valence-corrected chi connectivity index (χ4v) is 2.86. The van der Waals surface area contributed by atoms with E-state index in [-0.39, 0.29) is 17.8 Å². The highest BCUT2D eigenvalue weighted by Gasteiger charge is 2.19. The van der Waals surface area contributed by atoms with E-state index in [9.17, 15) is 18.8 Å². The summed E-state index contributed by atoms with van der Waals surface area (Å²) in [5.74, 6) is -1.38. The summed E-state index contributed by atoms with van der Waals surface area (Å²) in [6.45, 7) is 1.81. The number of rotatable bonds is 7. The number of nitrogens with one attached hydrogen (secondary N) is 2. The standard InChI is InChI=1S/C21H20FN3O4/c1-13(20(27)23-11-10-14-6-8-15(22)9-7-14)29-19(26)12-18-16-4-2-3-5-17(16)21(28)25-24-18/h2-9,13H,10-12H2,1H3,(H,23,27)(H,25,28)/t13-/m0/s1. The lowest BCUT2D eigenvalue weighted by atomic mass is 10.1. The first kappa shape index (κ1) is 20.2. The minimum Gasteiger partial charge on any atom is -0.452 e. The van der Waals surface area contributed by atoms with Crippen LogP contribution in [0.5, 0.6) is 0 Å². The third kappa shape index (κ3) is 5.25. The minimum atomic E-state index is -0.982. The second-order valence-corrected chi connectivity index (χ2v) is 6.52. The molecule has 0 unspecified atom stereocenters. The van der Waals surface area contributed by atoms with E-state index in [1.807, 2.05) is 0 Å². The average Bonchev–Trinajstić information content (AvgIpc) is 2.71. The van der Waals surface area contributed by atoms with Crippen molar-refractivity contribution in [1.82, 2.24) is 15.5 Å². The molecule has 0 aliphatic rings. The fraction of sp³-hybridized carbons (Fsp3) is 0.238. The van der Waals surface area contributed by atoms with Gasteiger partial charge in [0.15, 0.2) is 6.10 Å². The Kier molecular flexibility index (Phi) is 6.33. The van der Waals surface area contributed by atoms with E-state index in [1.54, 1.807) is 36.4 Å². The molecule has 8 heteroatoms. The maximum Gasteiger partial charge on any atom is 0.312 e. The Hall–Kier alpha value is -3.55. The zero-order valence-electron chi connectivity index (χ0n) is 15.8. The molecular formula is C21H20FN3O4. The molecule has 1 aromatic heterocycles. The van der Waals surface area contributed by atoms with Crippen LogP contribution in [0.3, 0.4) is 0 Å². The van der Waals surface area contributed by atoms with E-state index in [0.29, 0.717) is 29.4 Å². The van der Waals surface area contributed by atoms with Crippen LogP contribution in [0.25, 0.3) is 10.8 Å². The van der Waals surface area contributed by atoms with Crippen molar-refractivity contribution in [3.05, 3.63) is 76.0 Å². The minimum absolute atomic E-state index is 0.176. The number of H-pyrrole nitrogens is 1. The Balaban J connectivity index is 1.52. The van der Waals surface area contributed by atoms with Crippen LogP contribution in [0.4, 0.5) is 4.39 Å². The van der Waals surface area contributed by atoms with Crippen LogP contribution in [0.2, 0.25) is 0 Å². The molecule has 1 amide bonds. The highest BCUT2D eigenvalue weighted by atomic mass is 19.1. The number of carbonyl (C=O) groups is 2. The first-order valence-electron chi connectivity index (χ1n) is 9.12. The monoisotopic (exact) mass is 397 g/mol. The van der Waals surface area contributed by atoms with E-state index in [4.69, 9.17) is 4.74 Å². The molecule has 0 saturated carbocycles. The molecule has 2 aromatic carbocycles. The van der Waals surface area contributed by atoms with E-state index < -0.39 is 18.0 Å². The zero-order valence-corrected chi connectivity index (χ0v) is 15.8. The van der Waals surface area contributed by atoms with Gasteiger partial charge >= 0.3 is 5.97 Å². The van der Waals surface area contributed by atoms with Crippen LogP contribution in [0, 0.1) is 5.82 Å². The number of hydrogen-bond acceptors (Lipinski definition) is 5. The van der Waals surface area contributed by atoms with E-state index >= 15 is 0 Å². The lowest BCUT2D eigenvalue weighted by Crippen LogP contribution is -2.37. The van der Waals surface area contributed by atoms with E-state index in [0.717, 1.165) is 5.56 Å². The van der Waals surface area contributed by atoms with Gasteiger partial charge in [-0.25, -0.2) is 9.49 Å². The Morgan fingerprint density at radius 3 is 2.55 bits per heavy atom. The maximum absolute atomic E-state index is 12.9. The summed E-state index contributed by atoms with van der Waals surface area (Å²) < 4.78 is 18.1. The quantitative estimate of drug-likeness (QED) is 0.593. The molecule has 0 aliphatic heterocycles. The van der Waals surface area contributed by atoms with Crippen LogP contribution in [0.15, 0.2) is 53.3 Å². The number of carbonyl (C=O) groups excluding carboxylic acids is 2. The van der Waals surface area contributed by atoms with Crippen molar-refractivity contribution in [2.75, 3.05) is 6.54 Å². The number of amides is 1. The van der Waals surface area contributed by atoms with Crippen LogP contribution in [-0.4, -0.2) is 34.7 Å². The topological polar surface area (TPSA) is 101 Å². The van der Waals surface area contributed by atoms with Crippen molar-refractivity contribution in [3.8, 4) is 0 Å². The summed E-state index contributed by atoms with van der Waals surface area (Å²) in [4.78, 5) is 36.1. The second kappa shape index (κ2) is 9.09. The van der Waals surface area contributed by atoms with Gasteiger partial charge in [-0.15, -0.1) is 0 Å². The van der Waals surface area contributed by atoms with Crippen molar-refractivity contribution in [3.63, 3.8) is 0 Å². The van der Waals surface area contributed by atoms with Crippen molar-refractivity contribution in [2.24, 2.45) is 0 Å². The maximum atomic E-state index is 12.9. The summed E-state index contributed by atoms with van der Waals surface area (Å²) in [5, 5.41) is 9.94. The number of aromatic amines is 1. The number of aromatic nitrogens is 2. The lowest BCUT2D eigenvalue weighted by Gasteiger charge is -2.14. The number of hydrogen-bond donors (Lipinski definition) is 2. The van der Waals surface area contributed by atoms with Gasteiger partial charge in [0.2, 0.25) is 0 Å². The molecule has 0 saturated heterocycles. The Bertz CT molecular complexity index is 1080. The highest BCUT2D eigenvalue weighted by molar-refractivity contribution is 5.88. The fourth-order valence-electron chi connectivity index (χ4n) is 2.86. The van der Waals surface area contributed by atoms with Gasteiger partial charge in [-0.2, -0.15) is 5.10 Å². The first-order chi connectivity index (χ1) is 13.9. The van der Waals surface area contributed by atoms with Crippen LogP contribution in [0.1, 0.15) is 18.2 Å². The number of nitrogens with zero attached hydrogens (tertiary/aromatic N) is 1. The summed E-state index contributed by atoms with van der Waals surface area (Å²) >= 11 is 0. The lowest BCUT2D eigenvalue weighted by molar-refractivity contribution is -0.154. The zero-order chi connectivity index (χ0) is 20.8. The molecule has 1 heterocycles. The van der Waals surface area contributed by atoms with Gasteiger partial charge in [0.05, 0.1) is 17.5 Å². The molecule has 1 atom stereocenters. The van der Waals surface area contributed by atoms with Gasteiger partial charge in [0, 0.05) is 11.9 Å². The van der Waals surface area contributed by atoms with Crippen molar-refractivity contribution in [2.45, 2.75) is 25.9 Å². The predicted molar refractivity (Wildman–Crippen MR) is 105 cm³/mol. The normalized spacial score (nSPS) is 11.8. The largest absolute Gasteiger partial charge is 0.452 e. The average molecular weight is 397 g/mol. The van der Waals surface area contributed by atoms with Gasteiger partial charge < -0.3 is 10.1 Å². The Labute approximate surface area is 165 Å². The van der Waals surface area contributed by atoms with Crippen molar-refractivity contribution >= 4 is 22.6 Å². The Morgan fingerprint density at radius 2 is 1.83 bits per heavy atom. The van der Waals surface area contributed by atoms with Gasteiger partial charge in [0.25, 0.3) is 11.5 Å². The molecule has 0 spiro atoms. The molecule has 3 rings (SSSR count). The smallest absolute Gasteiger partial charge is 0.312 e. The highest BCUT2D eigenvalue weighted by Crippen LogP contribution is 2.13. The van der Waals surface area contributed by atoms with E-state index in [2.05, 4.69) is 15.5 Å². The molecule has 0 bridgehead atoms. The second-order valence-electron chi connectivity index (χ2n) is 6.52. The number of fused-ring (bicyclic) bond motifs is 1. The number of ether oxygens (including phenoxy) is 1. The molecule has 7 nitrogen and oxygen atoms in total. The molecule has 3 aromatic rings. The third-order valence-corrected chi connectivity index (χ3v) is 4.39. The van der Waals surface area contributed by atoms with Crippen LogP contribution >= 0.6 is 0 Å². The molecule has 0 fully saturated rings. The molecule has 2 N–H and O–H groups in total. The predicted octanol–water partition coefficient (Wildman–Crippen LogP) is 1.90.